The van der Waals surface area contributed by atoms with E-state index >= 15 is 0 Å². The van der Waals surface area contributed by atoms with Gasteiger partial charge in [-0.2, -0.15) is 12.7 Å². The van der Waals surface area contributed by atoms with Crippen LogP contribution in [-0.4, -0.2) is 41.4 Å². The number of carboxylic acid groups (broad SMARTS) is 1. The standard InChI is InChI=1S/C10H15N3O4S2/c1-7-6-18-10(11-7)12-19(16,17)13-5-3-2-4-8(13)9(14)15/h6,8H,2-5H2,1H3,(H,11,12)(H,14,15). The fourth-order valence-electron chi connectivity index (χ4n) is 2.01. The Hall–Kier alpha value is -1.19. The number of nitrogens with zero attached hydrogens (tertiary/aromatic N) is 2. The fourth-order valence-corrected chi connectivity index (χ4v) is 4.33. The molecule has 1 atom stereocenters. The number of aromatic nitrogens is 1. The van der Waals surface area contributed by atoms with Gasteiger partial charge in [-0.1, -0.05) is 0 Å². The van der Waals surface area contributed by atoms with Crippen molar-refractivity contribution in [3.05, 3.63) is 11.1 Å². The largest absolute Gasteiger partial charge is 0.480 e. The van der Waals surface area contributed by atoms with Crippen molar-refractivity contribution >= 4 is 32.6 Å². The molecule has 2 heterocycles. The Balaban J connectivity index is 2.19. The van der Waals surface area contributed by atoms with E-state index < -0.39 is 22.2 Å². The van der Waals surface area contributed by atoms with Crippen molar-refractivity contribution in [2.75, 3.05) is 11.3 Å². The fraction of sp³-hybridized carbons (Fsp3) is 0.600. The van der Waals surface area contributed by atoms with E-state index in [0.29, 0.717) is 12.8 Å². The lowest BCUT2D eigenvalue weighted by molar-refractivity contribution is -0.142. The van der Waals surface area contributed by atoms with Crippen LogP contribution in [0.15, 0.2) is 5.38 Å². The van der Waals surface area contributed by atoms with Gasteiger partial charge >= 0.3 is 16.2 Å². The van der Waals surface area contributed by atoms with Crippen molar-refractivity contribution in [2.24, 2.45) is 0 Å². The maximum atomic E-state index is 12.2. The van der Waals surface area contributed by atoms with Gasteiger partial charge in [0.2, 0.25) is 0 Å². The number of aryl methyl sites for hydroxylation is 1. The Labute approximate surface area is 115 Å². The molecule has 0 aromatic carbocycles. The lowest BCUT2D eigenvalue weighted by Crippen LogP contribution is -2.49. The molecule has 0 saturated carbocycles. The number of nitrogens with one attached hydrogen (secondary N) is 1. The first-order valence-corrected chi connectivity index (χ1v) is 8.16. The van der Waals surface area contributed by atoms with Crippen LogP contribution < -0.4 is 4.72 Å². The van der Waals surface area contributed by atoms with Gasteiger partial charge in [0, 0.05) is 11.9 Å². The van der Waals surface area contributed by atoms with Crippen LogP contribution in [0.3, 0.4) is 0 Å². The summed E-state index contributed by atoms with van der Waals surface area (Å²) in [6.45, 7) is 1.98. The number of carbonyl (C=O) groups is 1. The summed E-state index contributed by atoms with van der Waals surface area (Å²) in [6, 6.07) is -0.993. The van der Waals surface area contributed by atoms with Crippen LogP contribution in [0.2, 0.25) is 0 Å². The van der Waals surface area contributed by atoms with Gasteiger partial charge in [0.1, 0.15) is 6.04 Å². The third kappa shape index (κ3) is 3.23. The maximum absolute atomic E-state index is 12.2. The van der Waals surface area contributed by atoms with E-state index in [9.17, 15) is 13.2 Å². The summed E-state index contributed by atoms with van der Waals surface area (Å²) in [5, 5.41) is 11.1. The molecule has 1 aromatic heterocycles. The van der Waals surface area contributed by atoms with Crippen LogP contribution in [0.5, 0.6) is 0 Å². The second-order valence-electron chi connectivity index (χ2n) is 4.36. The molecule has 0 bridgehead atoms. The highest BCUT2D eigenvalue weighted by Crippen LogP contribution is 2.23. The average molecular weight is 305 g/mol. The van der Waals surface area contributed by atoms with Crippen molar-refractivity contribution < 1.29 is 18.3 Å². The van der Waals surface area contributed by atoms with Gasteiger partial charge in [0.25, 0.3) is 0 Å². The number of hydrogen-bond donors (Lipinski definition) is 2. The molecule has 106 valence electrons. The van der Waals surface area contributed by atoms with E-state index in [2.05, 4.69) is 9.71 Å². The molecule has 19 heavy (non-hydrogen) atoms. The molecule has 2 rings (SSSR count). The van der Waals surface area contributed by atoms with Crippen molar-refractivity contribution in [1.82, 2.24) is 9.29 Å². The second kappa shape index (κ2) is 5.43. The summed E-state index contributed by atoms with van der Waals surface area (Å²) in [7, 11) is -3.87. The van der Waals surface area contributed by atoms with Crippen LogP contribution in [0.4, 0.5) is 5.13 Å². The van der Waals surface area contributed by atoms with Crippen molar-refractivity contribution in [3.63, 3.8) is 0 Å². The van der Waals surface area contributed by atoms with Gasteiger partial charge in [-0.15, -0.1) is 11.3 Å². The molecule has 1 unspecified atom stereocenters. The molecule has 1 aliphatic rings. The van der Waals surface area contributed by atoms with Gasteiger partial charge in [-0.25, -0.2) is 9.71 Å². The van der Waals surface area contributed by atoms with Gasteiger partial charge in [0.05, 0.1) is 5.69 Å². The summed E-state index contributed by atoms with van der Waals surface area (Å²) in [6.07, 6.45) is 1.73. The number of piperidine rings is 1. The van der Waals surface area contributed by atoms with Crippen LogP contribution in [0.1, 0.15) is 25.0 Å². The van der Waals surface area contributed by atoms with Gasteiger partial charge < -0.3 is 5.11 Å². The molecular weight excluding hydrogens is 290 g/mol. The summed E-state index contributed by atoms with van der Waals surface area (Å²) in [5.74, 6) is -1.11. The van der Waals surface area contributed by atoms with Gasteiger partial charge in [-0.05, 0) is 26.2 Å². The Morgan fingerprint density at radius 3 is 2.89 bits per heavy atom. The highest BCUT2D eigenvalue weighted by Gasteiger charge is 2.37. The number of hydrogen-bond acceptors (Lipinski definition) is 5. The Kier molecular flexibility index (Phi) is 4.07. The molecular formula is C10H15N3O4S2. The first kappa shape index (κ1) is 14.2. The van der Waals surface area contributed by atoms with Crippen LogP contribution in [0, 0.1) is 6.92 Å². The Bertz CT molecular complexity index is 569. The summed E-state index contributed by atoms with van der Waals surface area (Å²) in [4.78, 5) is 15.1. The van der Waals surface area contributed by atoms with Gasteiger partial charge in [-0.3, -0.25) is 4.79 Å². The van der Waals surface area contributed by atoms with Crippen LogP contribution >= 0.6 is 11.3 Å². The number of anilines is 1. The first-order chi connectivity index (χ1) is 8.90. The third-order valence-electron chi connectivity index (χ3n) is 2.88. The average Bonchev–Trinajstić information content (AvgIpc) is 2.74. The van der Waals surface area contributed by atoms with E-state index in [0.717, 1.165) is 16.4 Å². The minimum Gasteiger partial charge on any atom is -0.480 e. The lowest BCUT2D eigenvalue weighted by Gasteiger charge is -2.31. The zero-order valence-electron chi connectivity index (χ0n) is 10.4. The first-order valence-electron chi connectivity index (χ1n) is 5.84. The quantitative estimate of drug-likeness (QED) is 0.866. The minimum atomic E-state index is -3.87. The Morgan fingerprint density at radius 1 is 1.58 bits per heavy atom. The topological polar surface area (TPSA) is 99.6 Å². The van der Waals surface area contributed by atoms with E-state index in [1.807, 2.05) is 0 Å². The number of carboxylic acids is 1. The lowest BCUT2D eigenvalue weighted by atomic mass is 10.1. The zero-order valence-corrected chi connectivity index (χ0v) is 12.0. The predicted molar refractivity (Wildman–Crippen MR) is 71.4 cm³/mol. The van der Waals surface area contributed by atoms with Crippen LogP contribution in [-0.2, 0) is 15.0 Å². The van der Waals surface area contributed by atoms with E-state index in [1.54, 1.807) is 12.3 Å². The summed E-state index contributed by atoms with van der Waals surface area (Å²) < 4.78 is 27.7. The third-order valence-corrected chi connectivity index (χ3v) is 5.39. The maximum Gasteiger partial charge on any atom is 0.322 e. The summed E-state index contributed by atoms with van der Waals surface area (Å²) >= 11 is 1.17. The highest BCUT2D eigenvalue weighted by molar-refractivity contribution is 7.90. The van der Waals surface area contributed by atoms with Crippen molar-refractivity contribution in [1.29, 1.82) is 0 Å². The summed E-state index contributed by atoms with van der Waals surface area (Å²) in [5.41, 5.74) is 0.719. The molecule has 1 fully saturated rings. The zero-order chi connectivity index (χ0) is 14.0. The molecule has 0 aliphatic carbocycles. The van der Waals surface area contributed by atoms with E-state index in [-0.39, 0.29) is 11.7 Å². The smallest absolute Gasteiger partial charge is 0.322 e. The molecule has 1 aliphatic heterocycles. The molecule has 9 heteroatoms. The molecule has 1 aromatic rings. The highest BCUT2D eigenvalue weighted by atomic mass is 32.2. The van der Waals surface area contributed by atoms with E-state index in [1.165, 1.54) is 11.3 Å². The normalized spacial score (nSPS) is 21.2. The predicted octanol–water partition coefficient (Wildman–Crippen LogP) is 1.05. The Morgan fingerprint density at radius 2 is 2.32 bits per heavy atom. The van der Waals surface area contributed by atoms with Crippen molar-refractivity contribution in [3.8, 4) is 0 Å². The molecule has 2 N–H and O–H groups in total. The molecule has 0 radical (unpaired) electrons. The molecule has 0 amide bonds. The molecule has 1 saturated heterocycles. The number of thiazole rings is 1. The van der Waals surface area contributed by atoms with Crippen molar-refractivity contribution in [2.45, 2.75) is 32.2 Å². The van der Waals surface area contributed by atoms with E-state index in [4.69, 9.17) is 5.11 Å². The number of rotatable bonds is 4. The number of aliphatic carboxylic acids is 1. The SMILES string of the molecule is Cc1csc(NS(=O)(=O)N2CCCCC2C(=O)O)n1. The minimum absolute atomic E-state index is 0.219. The monoisotopic (exact) mass is 305 g/mol. The second-order valence-corrected chi connectivity index (χ2v) is 6.84. The molecule has 0 spiro atoms. The van der Waals surface area contributed by atoms with Crippen LogP contribution in [0.25, 0.3) is 0 Å². The molecule has 7 nitrogen and oxygen atoms in total. The van der Waals surface area contributed by atoms with Gasteiger partial charge in [0.15, 0.2) is 5.13 Å².